The molecule has 0 aliphatic carbocycles. The van der Waals surface area contributed by atoms with Crippen LogP contribution in [0.4, 0.5) is 10.1 Å². The van der Waals surface area contributed by atoms with E-state index in [2.05, 4.69) is 5.32 Å². The van der Waals surface area contributed by atoms with Crippen LogP contribution in [0.3, 0.4) is 0 Å². The largest absolute Gasteiger partial charge is 0.341 e. The number of thioether (sulfide) groups is 1. The molecule has 4 rings (SSSR count). The zero-order valence-electron chi connectivity index (χ0n) is 16.6. The number of hydrogen-bond donors (Lipinski definition) is 1. The van der Waals surface area contributed by atoms with E-state index < -0.39 is 0 Å². The topological polar surface area (TPSA) is 54.3 Å². The number of piperidine rings is 1. The molecule has 7 heteroatoms. The molecule has 156 valence electrons. The number of benzene rings is 2. The Balaban J connectivity index is 1.45. The fraction of sp³-hybridized carbons (Fsp3) is 0.304. The minimum atomic E-state index is -0.387. The Kier molecular flexibility index (Phi) is 6.38. The Labute approximate surface area is 179 Å². The van der Waals surface area contributed by atoms with Crippen LogP contribution in [0.2, 0.25) is 0 Å². The molecule has 0 bridgehead atoms. The quantitative estimate of drug-likeness (QED) is 0.591. The Morgan fingerprint density at radius 1 is 1.03 bits per heavy atom. The van der Waals surface area contributed by atoms with Crippen LogP contribution in [0.15, 0.2) is 59.6 Å². The van der Waals surface area contributed by atoms with E-state index in [9.17, 15) is 14.0 Å². The van der Waals surface area contributed by atoms with Crippen molar-refractivity contribution >= 4 is 40.2 Å². The maximum Gasteiger partial charge on any atom is 0.242 e. The lowest BCUT2D eigenvalue weighted by Crippen LogP contribution is -2.37. The maximum absolute atomic E-state index is 13.3. The van der Waals surface area contributed by atoms with Gasteiger partial charge in [-0.15, -0.1) is 11.8 Å². The summed E-state index contributed by atoms with van der Waals surface area (Å²) in [5.74, 6) is -0.255. The van der Waals surface area contributed by atoms with E-state index in [1.54, 1.807) is 12.1 Å². The molecule has 2 heterocycles. The van der Waals surface area contributed by atoms with Gasteiger partial charge in [-0.1, -0.05) is 24.3 Å². The third kappa shape index (κ3) is 4.84. The van der Waals surface area contributed by atoms with E-state index in [1.807, 2.05) is 39.9 Å². The molecular formula is C23H24FN3O2S. The predicted octanol–water partition coefficient (Wildman–Crippen LogP) is 4.52. The number of carbonyl (C=O) groups excluding carboxylic acids is 2. The second kappa shape index (κ2) is 9.34. The lowest BCUT2D eigenvalue weighted by molar-refractivity contribution is -0.132. The van der Waals surface area contributed by atoms with Crippen molar-refractivity contribution in [1.82, 2.24) is 9.47 Å². The minimum absolute atomic E-state index is 0.135. The van der Waals surface area contributed by atoms with Crippen molar-refractivity contribution in [2.75, 3.05) is 24.2 Å². The van der Waals surface area contributed by atoms with Crippen LogP contribution in [0.1, 0.15) is 19.3 Å². The first-order chi connectivity index (χ1) is 14.6. The van der Waals surface area contributed by atoms with Gasteiger partial charge >= 0.3 is 0 Å². The van der Waals surface area contributed by atoms with Gasteiger partial charge in [0.25, 0.3) is 0 Å². The third-order valence-corrected chi connectivity index (χ3v) is 6.28. The SMILES string of the molecule is O=C(CSc1cn(CC(=O)N2CCCCC2)c2ccccc12)Nc1cccc(F)c1. The number of fused-ring (bicyclic) bond motifs is 1. The first kappa shape index (κ1) is 20.5. The van der Waals surface area contributed by atoms with E-state index in [0.29, 0.717) is 12.2 Å². The number of halogens is 1. The molecule has 2 amide bonds. The van der Waals surface area contributed by atoms with Gasteiger partial charge < -0.3 is 14.8 Å². The summed E-state index contributed by atoms with van der Waals surface area (Å²) in [5, 5.41) is 3.74. The normalized spacial score (nSPS) is 14.1. The molecule has 5 nitrogen and oxygen atoms in total. The molecule has 0 unspecified atom stereocenters. The number of para-hydroxylation sites is 1. The zero-order chi connectivity index (χ0) is 20.9. The van der Waals surface area contributed by atoms with Crippen LogP contribution in [-0.4, -0.2) is 40.1 Å². The van der Waals surface area contributed by atoms with E-state index in [1.165, 1.54) is 30.3 Å². The number of nitrogens with one attached hydrogen (secondary N) is 1. The molecule has 1 aliphatic rings. The van der Waals surface area contributed by atoms with Crippen LogP contribution >= 0.6 is 11.8 Å². The van der Waals surface area contributed by atoms with Crippen molar-refractivity contribution in [3.05, 3.63) is 60.5 Å². The summed E-state index contributed by atoms with van der Waals surface area (Å²) in [7, 11) is 0. The molecule has 1 N–H and O–H groups in total. The highest BCUT2D eigenvalue weighted by molar-refractivity contribution is 8.00. The fourth-order valence-corrected chi connectivity index (χ4v) is 4.64. The second-order valence-corrected chi connectivity index (χ2v) is 8.44. The van der Waals surface area contributed by atoms with Crippen LogP contribution in [0, 0.1) is 5.82 Å². The number of likely N-dealkylation sites (tertiary alicyclic amines) is 1. The Morgan fingerprint density at radius 2 is 1.83 bits per heavy atom. The number of amides is 2. The molecule has 30 heavy (non-hydrogen) atoms. The highest BCUT2D eigenvalue weighted by atomic mass is 32.2. The van der Waals surface area contributed by atoms with Gasteiger partial charge in [0.05, 0.1) is 5.75 Å². The lowest BCUT2D eigenvalue weighted by Gasteiger charge is -2.27. The van der Waals surface area contributed by atoms with Crippen molar-refractivity contribution < 1.29 is 14.0 Å². The van der Waals surface area contributed by atoms with Gasteiger partial charge in [-0.2, -0.15) is 0 Å². The lowest BCUT2D eigenvalue weighted by atomic mass is 10.1. The first-order valence-electron chi connectivity index (χ1n) is 10.1. The standard InChI is InChI=1S/C23H24FN3O2S/c24-17-7-6-8-18(13-17)25-22(28)16-30-21-14-27(20-10-3-2-9-19(20)21)15-23(29)26-11-4-1-5-12-26/h2-3,6-10,13-14H,1,4-5,11-12,15-16H2,(H,25,28). The van der Waals surface area contributed by atoms with Crippen molar-refractivity contribution in [1.29, 1.82) is 0 Å². The molecule has 0 saturated carbocycles. The van der Waals surface area contributed by atoms with Gasteiger partial charge in [0, 0.05) is 40.8 Å². The van der Waals surface area contributed by atoms with Gasteiger partial charge in [0.2, 0.25) is 11.8 Å². The average molecular weight is 426 g/mol. The summed E-state index contributed by atoms with van der Waals surface area (Å²) in [6.07, 6.45) is 5.28. The second-order valence-electron chi connectivity index (χ2n) is 7.43. The third-order valence-electron chi connectivity index (χ3n) is 5.23. The van der Waals surface area contributed by atoms with Crippen molar-refractivity contribution in [3.8, 4) is 0 Å². The van der Waals surface area contributed by atoms with Crippen molar-refractivity contribution in [2.45, 2.75) is 30.7 Å². The van der Waals surface area contributed by atoms with E-state index in [4.69, 9.17) is 0 Å². The van der Waals surface area contributed by atoms with Crippen LogP contribution in [0.25, 0.3) is 10.9 Å². The monoisotopic (exact) mass is 425 g/mol. The summed E-state index contributed by atoms with van der Waals surface area (Å²) in [6, 6.07) is 13.8. The van der Waals surface area contributed by atoms with E-state index in [-0.39, 0.29) is 23.4 Å². The number of aromatic nitrogens is 1. The maximum atomic E-state index is 13.3. The molecule has 1 saturated heterocycles. The number of anilines is 1. The van der Waals surface area contributed by atoms with Gasteiger partial charge in [-0.25, -0.2) is 4.39 Å². The summed E-state index contributed by atoms with van der Waals surface area (Å²) >= 11 is 1.41. The van der Waals surface area contributed by atoms with Gasteiger partial charge in [0.1, 0.15) is 12.4 Å². The fourth-order valence-electron chi connectivity index (χ4n) is 3.75. The number of rotatable bonds is 6. The van der Waals surface area contributed by atoms with Gasteiger partial charge in [-0.05, 0) is 43.5 Å². The highest BCUT2D eigenvalue weighted by Crippen LogP contribution is 2.30. The summed E-state index contributed by atoms with van der Waals surface area (Å²) in [4.78, 5) is 27.9. The van der Waals surface area contributed by atoms with E-state index in [0.717, 1.165) is 41.7 Å². The predicted molar refractivity (Wildman–Crippen MR) is 118 cm³/mol. The van der Waals surface area contributed by atoms with E-state index >= 15 is 0 Å². The Bertz CT molecular complexity index is 1060. The number of carbonyl (C=O) groups is 2. The molecule has 1 fully saturated rings. The molecule has 3 aromatic rings. The molecule has 2 aromatic carbocycles. The van der Waals surface area contributed by atoms with Crippen LogP contribution in [-0.2, 0) is 16.1 Å². The summed E-state index contributed by atoms with van der Waals surface area (Å²) in [5.41, 5.74) is 1.42. The molecule has 1 aliphatic heterocycles. The van der Waals surface area contributed by atoms with Crippen LogP contribution in [0.5, 0.6) is 0 Å². The van der Waals surface area contributed by atoms with Gasteiger partial charge in [-0.3, -0.25) is 9.59 Å². The molecule has 1 aromatic heterocycles. The number of nitrogens with zero attached hydrogens (tertiary/aromatic N) is 2. The Hall–Kier alpha value is -2.80. The average Bonchev–Trinajstić information content (AvgIpc) is 3.10. The minimum Gasteiger partial charge on any atom is -0.341 e. The molecule has 0 spiro atoms. The highest BCUT2D eigenvalue weighted by Gasteiger charge is 2.18. The number of hydrogen-bond acceptors (Lipinski definition) is 3. The first-order valence-corrected chi connectivity index (χ1v) is 11.1. The van der Waals surface area contributed by atoms with Crippen molar-refractivity contribution in [3.63, 3.8) is 0 Å². The molecule has 0 atom stereocenters. The zero-order valence-corrected chi connectivity index (χ0v) is 17.5. The smallest absolute Gasteiger partial charge is 0.242 e. The van der Waals surface area contributed by atoms with Gasteiger partial charge in [0.15, 0.2) is 0 Å². The Morgan fingerprint density at radius 3 is 2.63 bits per heavy atom. The summed E-state index contributed by atoms with van der Waals surface area (Å²) < 4.78 is 15.3. The molecule has 0 radical (unpaired) electrons. The van der Waals surface area contributed by atoms with Crippen LogP contribution < -0.4 is 5.32 Å². The van der Waals surface area contributed by atoms with Crippen molar-refractivity contribution in [2.24, 2.45) is 0 Å². The summed E-state index contributed by atoms with van der Waals surface area (Å²) in [6.45, 7) is 1.97. The molecular weight excluding hydrogens is 401 g/mol.